The number of nitrogens with one attached hydrogen (secondary N) is 1. The Labute approximate surface area is 138 Å². The van der Waals surface area contributed by atoms with Gasteiger partial charge in [0.05, 0.1) is 18.1 Å². The fourth-order valence-corrected chi connectivity index (χ4v) is 2.54. The molecule has 1 N–H and O–H groups in total. The maximum Gasteiger partial charge on any atom is 0.292 e. The van der Waals surface area contributed by atoms with Gasteiger partial charge in [-0.1, -0.05) is 0 Å². The SMILES string of the molecule is O=[N+]([O-])c1ccc(F)cc1NCc1ccnc(N2CCOCC2)c1. The van der Waals surface area contributed by atoms with Crippen LogP contribution >= 0.6 is 0 Å². The highest BCUT2D eigenvalue weighted by atomic mass is 19.1. The standard InChI is InChI=1S/C16H17FN4O3/c17-13-1-2-15(21(22)23)14(10-13)19-11-12-3-4-18-16(9-12)20-5-7-24-8-6-20/h1-4,9-10,19H,5-8,11H2. The van der Waals surface area contributed by atoms with Crippen molar-refractivity contribution >= 4 is 17.2 Å². The second-order valence-corrected chi connectivity index (χ2v) is 5.39. The summed E-state index contributed by atoms with van der Waals surface area (Å²) in [5.41, 5.74) is 0.911. The summed E-state index contributed by atoms with van der Waals surface area (Å²) in [5.74, 6) is 0.318. The largest absolute Gasteiger partial charge is 0.378 e. The van der Waals surface area contributed by atoms with E-state index in [0.29, 0.717) is 19.8 Å². The number of anilines is 2. The molecule has 0 spiro atoms. The Hall–Kier alpha value is -2.74. The highest BCUT2D eigenvalue weighted by Gasteiger charge is 2.15. The maximum atomic E-state index is 13.4. The third-order valence-corrected chi connectivity index (χ3v) is 3.78. The van der Waals surface area contributed by atoms with E-state index in [0.717, 1.165) is 42.7 Å². The molecule has 1 aliphatic heterocycles. The van der Waals surface area contributed by atoms with Crippen molar-refractivity contribution in [3.63, 3.8) is 0 Å². The fourth-order valence-electron chi connectivity index (χ4n) is 2.54. The summed E-state index contributed by atoms with van der Waals surface area (Å²) in [7, 11) is 0. The number of hydrogen-bond donors (Lipinski definition) is 1. The van der Waals surface area contributed by atoms with E-state index in [-0.39, 0.29) is 11.4 Å². The first-order valence-electron chi connectivity index (χ1n) is 7.59. The van der Waals surface area contributed by atoms with Crippen LogP contribution in [-0.4, -0.2) is 36.2 Å². The lowest BCUT2D eigenvalue weighted by atomic mass is 10.2. The second-order valence-electron chi connectivity index (χ2n) is 5.39. The Bertz CT molecular complexity index is 735. The van der Waals surface area contributed by atoms with Gasteiger partial charge in [0, 0.05) is 38.0 Å². The summed E-state index contributed by atoms with van der Waals surface area (Å²) in [6, 6.07) is 7.10. The van der Waals surface area contributed by atoms with Crippen LogP contribution in [-0.2, 0) is 11.3 Å². The van der Waals surface area contributed by atoms with Crippen LogP contribution in [0, 0.1) is 15.9 Å². The van der Waals surface area contributed by atoms with Gasteiger partial charge in [-0.25, -0.2) is 9.37 Å². The molecule has 0 saturated carbocycles. The average Bonchev–Trinajstić information content (AvgIpc) is 2.61. The first-order valence-corrected chi connectivity index (χ1v) is 7.59. The van der Waals surface area contributed by atoms with E-state index in [1.54, 1.807) is 6.20 Å². The monoisotopic (exact) mass is 332 g/mol. The Morgan fingerprint density at radius 3 is 2.83 bits per heavy atom. The van der Waals surface area contributed by atoms with Crippen molar-refractivity contribution in [2.75, 3.05) is 36.5 Å². The fraction of sp³-hybridized carbons (Fsp3) is 0.312. The van der Waals surface area contributed by atoms with E-state index >= 15 is 0 Å². The van der Waals surface area contributed by atoms with Crippen LogP contribution < -0.4 is 10.2 Å². The molecule has 0 atom stereocenters. The maximum absolute atomic E-state index is 13.4. The van der Waals surface area contributed by atoms with Crippen molar-refractivity contribution in [3.8, 4) is 0 Å². The molecule has 2 heterocycles. The zero-order valence-electron chi connectivity index (χ0n) is 12.9. The van der Waals surface area contributed by atoms with E-state index in [1.807, 2.05) is 12.1 Å². The van der Waals surface area contributed by atoms with Crippen molar-refractivity contribution in [2.45, 2.75) is 6.54 Å². The number of benzene rings is 1. The van der Waals surface area contributed by atoms with Crippen LogP contribution in [0.15, 0.2) is 36.5 Å². The van der Waals surface area contributed by atoms with E-state index in [2.05, 4.69) is 15.2 Å². The molecule has 2 aromatic rings. The van der Waals surface area contributed by atoms with Gasteiger partial charge in [-0.3, -0.25) is 10.1 Å². The molecular weight excluding hydrogens is 315 g/mol. The van der Waals surface area contributed by atoms with Crippen molar-refractivity contribution in [1.82, 2.24) is 4.98 Å². The van der Waals surface area contributed by atoms with Crippen molar-refractivity contribution in [1.29, 1.82) is 0 Å². The quantitative estimate of drug-likeness (QED) is 0.669. The predicted octanol–water partition coefficient (Wildman–Crippen LogP) is 2.58. The molecule has 1 fully saturated rings. The molecule has 0 amide bonds. The smallest absolute Gasteiger partial charge is 0.292 e. The summed E-state index contributed by atoms with van der Waals surface area (Å²) in [6.45, 7) is 3.22. The van der Waals surface area contributed by atoms with Gasteiger partial charge in [0.25, 0.3) is 5.69 Å². The molecule has 1 aromatic heterocycles. The van der Waals surface area contributed by atoms with Gasteiger partial charge >= 0.3 is 0 Å². The number of aromatic nitrogens is 1. The number of morpholine rings is 1. The topological polar surface area (TPSA) is 80.5 Å². The Balaban J connectivity index is 1.73. The zero-order valence-corrected chi connectivity index (χ0v) is 12.9. The predicted molar refractivity (Wildman–Crippen MR) is 87.7 cm³/mol. The minimum Gasteiger partial charge on any atom is -0.378 e. The van der Waals surface area contributed by atoms with Gasteiger partial charge in [0.15, 0.2) is 0 Å². The number of hydrogen-bond acceptors (Lipinski definition) is 6. The number of nitro groups is 1. The highest BCUT2D eigenvalue weighted by Crippen LogP contribution is 2.25. The zero-order chi connectivity index (χ0) is 16.9. The molecule has 0 aliphatic carbocycles. The van der Waals surface area contributed by atoms with Gasteiger partial charge in [-0.15, -0.1) is 0 Å². The molecule has 0 bridgehead atoms. The summed E-state index contributed by atoms with van der Waals surface area (Å²) in [4.78, 5) is 17.0. The lowest BCUT2D eigenvalue weighted by Gasteiger charge is -2.28. The number of rotatable bonds is 5. The van der Waals surface area contributed by atoms with Crippen LogP contribution in [0.1, 0.15) is 5.56 Å². The Morgan fingerprint density at radius 1 is 1.29 bits per heavy atom. The Morgan fingerprint density at radius 2 is 2.08 bits per heavy atom. The van der Waals surface area contributed by atoms with E-state index < -0.39 is 10.7 Å². The second kappa shape index (κ2) is 7.22. The van der Waals surface area contributed by atoms with Crippen LogP contribution in [0.3, 0.4) is 0 Å². The molecule has 0 radical (unpaired) electrons. The molecule has 126 valence electrons. The third-order valence-electron chi connectivity index (χ3n) is 3.78. The molecule has 0 unspecified atom stereocenters. The van der Waals surface area contributed by atoms with Crippen molar-refractivity contribution in [2.24, 2.45) is 0 Å². The molecular formula is C16H17FN4O3. The van der Waals surface area contributed by atoms with Crippen LogP contribution in [0.25, 0.3) is 0 Å². The van der Waals surface area contributed by atoms with Crippen molar-refractivity contribution in [3.05, 3.63) is 58.0 Å². The van der Waals surface area contributed by atoms with Crippen molar-refractivity contribution < 1.29 is 14.1 Å². The minimum absolute atomic E-state index is 0.154. The molecule has 1 saturated heterocycles. The van der Waals surface area contributed by atoms with E-state index in [9.17, 15) is 14.5 Å². The van der Waals surface area contributed by atoms with E-state index in [4.69, 9.17) is 4.74 Å². The molecule has 3 rings (SSSR count). The minimum atomic E-state index is -0.534. The molecule has 1 aliphatic rings. The number of nitro benzene ring substituents is 1. The normalized spacial score (nSPS) is 14.5. The summed E-state index contributed by atoms with van der Waals surface area (Å²) >= 11 is 0. The number of nitrogens with zero attached hydrogens (tertiary/aromatic N) is 3. The summed E-state index contributed by atoms with van der Waals surface area (Å²) in [6.07, 6.45) is 1.70. The van der Waals surface area contributed by atoms with E-state index in [1.165, 1.54) is 0 Å². The summed E-state index contributed by atoms with van der Waals surface area (Å²) in [5, 5.41) is 13.9. The van der Waals surface area contributed by atoms with Gasteiger partial charge in [-0.05, 0) is 23.8 Å². The lowest BCUT2D eigenvalue weighted by molar-refractivity contribution is -0.384. The van der Waals surface area contributed by atoms with Gasteiger partial charge in [-0.2, -0.15) is 0 Å². The third kappa shape index (κ3) is 3.77. The Kier molecular flexibility index (Phi) is 4.85. The number of ether oxygens (including phenoxy) is 1. The van der Waals surface area contributed by atoms with Gasteiger partial charge < -0.3 is 15.0 Å². The first kappa shape index (κ1) is 16.1. The van der Waals surface area contributed by atoms with Crippen LogP contribution in [0.4, 0.5) is 21.6 Å². The average molecular weight is 332 g/mol. The van der Waals surface area contributed by atoms with Gasteiger partial charge in [0.2, 0.25) is 0 Å². The molecule has 8 heteroatoms. The molecule has 24 heavy (non-hydrogen) atoms. The van der Waals surface area contributed by atoms with Gasteiger partial charge in [0.1, 0.15) is 17.3 Å². The summed E-state index contributed by atoms with van der Waals surface area (Å²) < 4.78 is 18.7. The molecule has 1 aromatic carbocycles. The number of pyridine rings is 1. The first-order chi connectivity index (χ1) is 11.6. The number of halogens is 1. The lowest BCUT2D eigenvalue weighted by Crippen LogP contribution is -2.36. The van der Waals surface area contributed by atoms with Crippen LogP contribution in [0.2, 0.25) is 0 Å². The highest BCUT2D eigenvalue weighted by molar-refractivity contribution is 5.61. The molecule has 7 nitrogen and oxygen atoms in total. The van der Waals surface area contributed by atoms with Crippen LogP contribution in [0.5, 0.6) is 0 Å².